The van der Waals surface area contributed by atoms with Gasteiger partial charge >= 0.3 is 5.97 Å². The van der Waals surface area contributed by atoms with Gasteiger partial charge in [0, 0.05) is 29.5 Å². The lowest BCUT2D eigenvalue weighted by Crippen LogP contribution is -2.42. The molecule has 1 unspecified atom stereocenters. The first-order valence-corrected chi connectivity index (χ1v) is 14.0. The van der Waals surface area contributed by atoms with E-state index in [4.69, 9.17) is 9.73 Å². The maximum absolute atomic E-state index is 13.4. The molecule has 6 nitrogen and oxygen atoms in total. The fraction of sp³-hybridized carbons (Fsp3) is 0.414. The molecule has 1 saturated heterocycles. The number of thioether (sulfide) groups is 1. The number of carbonyl (C=O) groups excluding carboxylic acids is 2. The van der Waals surface area contributed by atoms with Crippen molar-refractivity contribution in [3.8, 4) is 0 Å². The van der Waals surface area contributed by atoms with Gasteiger partial charge < -0.3 is 15.0 Å². The Hall–Kier alpha value is -3.06. The van der Waals surface area contributed by atoms with Crippen molar-refractivity contribution in [3.63, 3.8) is 0 Å². The number of esters is 1. The maximum atomic E-state index is 13.4. The van der Waals surface area contributed by atoms with Crippen molar-refractivity contribution in [1.82, 2.24) is 4.90 Å². The van der Waals surface area contributed by atoms with Crippen LogP contribution in [0.2, 0.25) is 0 Å². The minimum Gasteiger partial charge on any atom is -0.463 e. The van der Waals surface area contributed by atoms with E-state index < -0.39 is 0 Å². The van der Waals surface area contributed by atoms with Crippen LogP contribution >= 0.6 is 11.8 Å². The summed E-state index contributed by atoms with van der Waals surface area (Å²) in [7, 11) is 0. The van der Waals surface area contributed by atoms with E-state index in [1.165, 1.54) is 6.42 Å². The Morgan fingerprint density at radius 1 is 1.03 bits per heavy atom. The van der Waals surface area contributed by atoms with Crippen LogP contribution in [0.15, 0.2) is 65.2 Å². The summed E-state index contributed by atoms with van der Waals surface area (Å²) in [6.07, 6.45) is 6.44. The Labute approximate surface area is 217 Å². The molecule has 0 bridgehead atoms. The van der Waals surface area contributed by atoms with Crippen LogP contribution in [0.25, 0.3) is 5.70 Å². The number of benzene rings is 2. The number of fused-ring (bicyclic) bond motifs is 1. The first-order valence-electron chi connectivity index (χ1n) is 13.0. The molecule has 5 rings (SSSR count). The number of anilines is 1. The third kappa shape index (κ3) is 5.21. The SMILES string of the molecule is CCOC(=O)C1=C(c2ccccc2)N=C2SCCCN2C1c1ccc(NC(=O)C2CCCCC2)cc1. The van der Waals surface area contributed by atoms with Crippen molar-refractivity contribution in [3.05, 3.63) is 71.3 Å². The van der Waals surface area contributed by atoms with Gasteiger partial charge in [-0.2, -0.15) is 0 Å². The number of amidine groups is 1. The second-order valence-electron chi connectivity index (χ2n) is 9.49. The summed E-state index contributed by atoms with van der Waals surface area (Å²) in [4.78, 5) is 33.3. The van der Waals surface area contributed by atoms with Crippen LogP contribution in [0.3, 0.4) is 0 Å². The summed E-state index contributed by atoms with van der Waals surface area (Å²) in [5, 5.41) is 4.04. The number of amides is 1. The van der Waals surface area contributed by atoms with E-state index in [1.54, 1.807) is 11.8 Å². The molecule has 2 aromatic carbocycles. The molecular formula is C29H33N3O3S. The zero-order chi connectivity index (χ0) is 24.9. The van der Waals surface area contributed by atoms with Crippen molar-refractivity contribution >= 4 is 40.2 Å². The second-order valence-corrected chi connectivity index (χ2v) is 10.5. The fourth-order valence-electron chi connectivity index (χ4n) is 5.29. The van der Waals surface area contributed by atoms with Gasteiger partial charge in [0.25, 0.3) is 0 Å². The van der Waals surface area contributed by atoms with Gasteiger partial charge in [0.15, 0.2) is 5.17 Å². The van der Waals surface area contributed by atoms with Gasteiger partial charge in [0.2, 0.25) is 5.91 Å². The van der Waals surface area contributed by atoms with Gasteiger partial charge in [0.05, 0.1) is 23.9 Å². The molecule has 1 aliphatic carbocycles. The zero-order valence-corrected chi connectivity index (χ0v) is 21.6. The van der Waals surface area contributed by atoms with E-state index in [0.717, 1.165) is 66.4 Å². The van der Waals surface area contributed by atoms with Crippen LogP contribution in [-0.4, -0.2) is 40.8 Å². The van der Waals surface area contributed by atoms with Crippen molar-refractivity contribution in [2.75, 3.05) is 24.2 Å². The number of hydrogen-bond acceptors (Lipinski definition) is 6. The molecule has 1 saturated carbocycles. The number of ether oxygens (including phenoxy) is 1. The number of rotatable bonds is 6. The molecule has 0 radical (unpaired) electrons. The molecular weight excluding hydrogens is 470 g/mol. The molecule has 1 atom stereocenters. The molecule has 36 heavy (non-hydrogen) atoms. The summed E-state index contributed by atoms with van der Waals surface area (Å²) >= 11 is 1.73. The number of carbonyl (C=O) groups is 2. The molecule has 2 aliphatic heterocycles. The van der Waals surface area contributed by atoms with Crippen LogP contribution in [-0.2, 0) is 14.3 Å². The minimum absolute atomic E-state index is 0.104. The van der Waals surface area contributed by atoms with Crippen LogP contribution < -0.4 is 5.32 Å². The molecule has 1 N–H and O–H groups in total. The van der Waals surface area contributed by atoms with Crippen LogP contribution in [0.5, 0.6) is 0 Å². The van der Waals surface area contributed by atoms with Gasteiger partial charge in [-0.25, -0.2) is 9.79 Å². The lowest BCUT2D eigenvalue weighted by molar-refractivity contribution is -0.139. The van der Waals surface area contributed by atoms with Crippen molar-refractivity contribution < 1.29 is 14.3 Å². The number of nitrogens with one attached hydrogen (secondary N) is 1. The molecule has 188 valence electrons. The largest absolute Gasteiger partial charge is 0.463 e. The summed E-state index contributed by atoms with van der Waals surface area (Å²) < 4.78 is 5.55. The van der Waals surface area contributed by atoms with Crippen LogP contribution in [0.4, 0.5) is 5.69 Å². The molecule has 2 aromatic rings. The standard InChI is InChI=1S/C29H33N3O3S/c1-2-35-28(34)24-25(20-10-5-3-6-11-20)31-29-32(18-9-19-36-29)26(24)21-14-16-23(17-15-21)30-27(33)22-12-7-4-8-13-22/h3,5-6,10-11,14-17,22,26H,2,4,7-9,12-13,18-19H2,1H3,(H,30,33). The second kappa shape index (κ2) is 11.3. The molecule has 3 aliphatic rings. The van der Waals surface area contributed by atoms with Gasteiger partial charge in [0.1, 0.15) is 0 Å². The Morgan fingerprint density at radius 3 is 2.50 bits per heavy atom. The van der Waals surface area contributed by atoms with Crippen LogP contribution in [0, 0.1) is 5.92 Å². The zero-order valence-electron chi connectivity index (χ0n) is 20.7. The molecule has 0 spiro atoms. The predicted molar refractivity (Wildman–Crippen MR) is 146 cm³/mol. The lowest BCUT2D eigenvalue weighted by atomic mass is 9.88. The van der Waals surface area contributed by atoms with E-state index in [2.05, 4.69) is 10.2 Å². The van der Waals surface area contributed by atoms with Gasteiger partial charge in [-0.15, -0.1) is 0 Å². The number of hydrogen-bond donors (Lipinski definition) is 1. The first-order chi connectivity index (χ1) is 17.7. The molecule has 0 aromatic heterocycles. The number of nitrogens with zero attached hydrogens (tertiary/aromatic N) is 2. The summed E-state index contributed by atoms with van der Waals surface area (Å²) in [6.45, 7) is 2.95. The number of aliphatic imine (C=N–C) groups is 1. The highest BCUT2D eigenvalue weighted by Crippen LogP contribution is 2.43. The molecule has 1 amide bonds. The Balaban J connectivity index is 1.50. The quantitative estimate of drug-likeness (QED) is 0.488. The van der Waals surface area contributed by atoms with E-state index in [9.17, 15) is 9.59 Å². The van der Waals surface area contributed by atoms with Gasteiger partial charge in [-0.3, -0.25) is 4.79 Å². The highest BCUT2D eigenvalue weighted by Gasteiger charge is 2.39. The average molecular weight is 504 g/mol. The Kier molecular flexibility index (Phi) is 7.75. The van der Waals surface area contributed by atoms with Gasteiger partial charge in [-0.05, 0) is 43.9 Å². The van der Waals surface area contributed by atoms with E-state index >= 15 is 0 Å². The van der Waals surface area contributed by atoms with Crippen LogP contribution in [0.1, 0.15) is 62.6 Å². The minimum atomic E-state index is -0.339. The summed E-state index contributed by atoms with van der Waals surface area (Å²) in [5.41, 5.74) is 3.91. The fourth-order valence-corrected chi connectivity index (χ4v) is 6.27. The predicted octanol–water partition coefficient (Wildman–Crippen LogP) is 6.03. The maximum Gasteiger partial charge on any atom is 0.338 e. The van der Waals surface area contributed by atoms with E-state index in [-0.39, 0.29) is 23.8 Å². The normalized spacial score (nSPS) is 20.4. The van der Waals surface area contributed by atoms with E-state index in [0.29, 0.717) is 17.9 Å². The van der Waals surface area contributed by atoms with E-state index in [1.807, 2.05) is 61.5 Å². The third-order valence-electron chi connectivity index (χ3n) is 7.08. The third-order valence-corrected chi connectivity index (χ3v) is 8.16. The Bertz CT molecular complexity index is 1150. The van der Waals surface area contributed by atoms with Crippen molar-refractivity contribution in [2.24, 2.45) is 10.9 Å². The highest BCUT2D eigenvalue weighted by atomic mass is 32.2. The lowest BCUT2D eigenvalue weighted by Gasteiger charge is -2.41. The highest BCUT2D eigenvalue weighted by molar-refractivity contribution is 8.13. The van der Waals surface area contributed by atoms with Gasteiger partial charge in [-0.1, -0.05) is 73.5 Å². The molecule has 2 fully saturated rings. The average Bonchev–Trinajstić information content (AvgIpc) is 2.93. The topological polar surface area (TPSA) is 71.0 Å². The summed E-state index contributed by atoms with van der Waals surface area (Å²) in [6, 6.07) is 17.5. The molecule has 2 heterocycles. The monoisotopic (exact) mass is 503 g/mol. The molecule has 7 heteroatoms. The van der Waals surface area contributed by atoms with Crippen molar-refractivity contribution in [1.29, 1.82) is 0 Å². The summed E-state index contributed by atoms with van der Waals surface area (Å²) in [5.74, 6) is 0.882. The first kappa shape index (κ1) is 24.6. The Morgan fingerprint density at radius 2 is 1.78 bits per heavy atom. The van der Waals surface area contributed by atoms with Crippen molar-refractivity contribution in [2.45, 2.75) is 51.5 Å². The smallest absolute Gasteiger partial charge is 0.338 e.